The summed E-state index contributed by atoms with van der Waals surface area (Å²) in [6, 6.07) is 16.0. The molecule has 0 aliphatic rings. The van der Waals surface area contributed by atoms with Gasteiger partial charge in [0.2, 0.25) is 0 Å². The second kappa shape index (κ2) is 8.93. The maximum Gasteiger partial charge on any atom is 0.184 e. The standard InChI is InChI=1S/C18H21BrO3/c1-3-20-18(21-4-2)16-12-15(10-11-17(16)19)22-13-14-8-6-5-7-9-14/h5-12,18H,3-4,13H2,1-2H3. The lowest BCUT2D eigenvalue weighted by Crippen LogP contribution is -2.10. The van der Waals surface area contributed by atoms with Crippen LogP contribution in [0.15, 0.2) is 53.0 Å². The Kier molecular flexibility index (Phi) is 6.90. The highest BCUT2D eigenvalue weighted by Gasteiger charge is 2.16. The average Bonchev–Trinajstić information content (AvgIpc) is 2.55. The van der Waals surface area contributed by atoms with Crippen molar-refractivity contribution in [2.75, 3.05) is 13.2 Å². The first-order valence-corrected chi connectivity index (χ1v) is 8.23. The van der Waals surface area contributed by atoms with Gasteiger partial charge in [-0.3, -0.25) is 0 Å². The Morgan fingerprint density at radius 1 is 0.955 bits per heavy atom. The van der Waals surface area contributed by atoms with E-state index in [1.807, 2.05) is 62.4 Å². The number of ether oxygens (including phenoxy) is 3. The molecule has 3 nitrogen and oxygen atoms in total. The van der Waals surface area contributed by atoms with Crippen LogP contribution in [0, 0.1) is 0 Å². The summed E-state index contributed by atoms with van der Waals surface area (Å²) in [6.45, 7) is 5.62. The molecule has 0 heterocycles. The van der Waals surface area contributed by atoms with E-state index in [-0.39, 0.29) is 6.29 Å². The van der Waals surface area contributed by atoms with Crippen molar-refractivity contribution >= 4 is 15.9 Å². The largest absolute Gasteiger partial charge is 0.489 e. The molecule has 2 aromatic carbocycles. The minimum absolute atomic E-state index is 0.385. The summed E-state index contributed by atoms with van der Waals surface area (Å²) in [5, 5.41) is 0. The highest BCUT2D eigenvalue weighted by atomic mass is 79.9. The highest BCUT2D eigenvalue weighted by molar-refractivity contribution is 9.10. The summed E-state index contributed by atoms with van der Waals surface area (Å²) in [4.78, 5) is 0. The summed E-state index contributed by atoms with van der Waals surface area (Å²) >= 11 is 3.55. The zero-order chi connectivity index (χ0) is 15.8. The molecule has 0 aliphatic heterocycles. The molecular formula is C18H21BrO3. The van der Waals surface area contributed by atoms with Gasteiger partial charge in [0.15, 0.2) is 6.29 Å². The van der Waals surface area contributed by atoms with Crippen LogP contribution in [0.4, 0.5) is 0 Å². The van der Waals surface area contributed by atoms with Crippen molar-refractivity contribution in [1.29, 1.82) is 0 Å². The number of hydrogen-bond donors (Lipinski definition) is 0. The summed E-state index contributed by atoms with van der Waals surface area (Å²) < 4.78 is 18.1. The fourth-order valence-electron chi connectivity index (χ4n) is 2.06. The maximum atomic E-state index is 5.86. The second-order valence-corrected chi connectivity index (χ2v) is 5.55. The highest BCUT2D eigenvalue weighted by Crippen LogP contribution is 2.31. The smallest absolute Gasteiger partial charge is 0.184 e. The van der Waals surface area contributed by atoms with Gasteiger partial charge < -0.3 is 14.2 Å². The third-order valence-electron chi connectivity index (χ3n) is 3.11. The molecule has 0 N–H and O–H groups in total. The van der Waals surface area contributed by atoms with Crippen LogP contribution in [0.2, 0.25) is 0 Å². The summed E-state index contributed by atoms with van der Waals surface area (Å²) in [7, 11) is 0. The maximum absolute atomic E-state index is 5.86. The summed E-state index contributed by atoms with van der Waals surface area (Å²) in [5.74, 6) is 0.798. The number of rotatable bonds is 8. The van der Waals surface area contributed by atoms with E-state index >= 15 is 0 Å². The Hall–Kier alpha value is -1.36. The molecule has 4 heteroatoms. The van der Waals surface area contributed by atoms with E-state index in [4.69, 9.17) is 14.2 Å². The molecule has 0 radical (unpaired) electrons. The quantitative estimate of drug-likeness (QED) is 0.609. The molecule has 2 rings (SSSR count). The summed E-state index contributed by atoms with van der Waals surface area (Å²) in [6.07, 6.45) is -0.385. The van der Waals surface area contributed by atoms with E-state index in [2.05, 4.69) is 15.9 Å². The normalized spacial score (nSPS) is 10.9. The van der Waals surface area contributed by atoms with E-state index in [9.17, 15) is 0 Å². The topological polar surface area (TPSA) is 27.7 Å². The molecule has 0 aliphatic carbocycles. The van der Waals surface area contributed by atoms with Gasteiger partial charge in [-0.2, -0.15) is 0 Å². The molecule has 0 unspecified atom stereocenters. The third-order valence-corrected chi connectivity index (χ3v) is 3.83. The van der Waals surface area contributed by atoms with Crippen LogP contribution in [0.5, 0.6) is 5.75 Å². The van der Waals surface area contributed by atoms with Crippen molar-refractivity contribution in [3.63, 3.8) is 0 Å². The zero-order valence-electron chi connectivity index (χ0n) is 12.9. The van der Waals surface area contributed by atoms with E-state index in [0.717, 1.165) is 21.3 Å². The zero-order valence-corrected chi connectivity index (χ0v) is 14.5. The summed E-state index contributed by atoms with van der Waals surface area (Å²) in [5.41, 5.74) is 2.08. The first kappa shape index (κ1) is 17.0. The van der Waals surface area contributed by atoms with Gasteiger partial charge in [-0.25, -0.2) is 0 Å². The van der Waals surface area contributed by atoms with Gasteiger partial charge in [0.05, 0.1) is 0 Å². The van der Waals surface area contributed by atoms with Gasteiger partial charge >= 0.3 is 0 Å². The molecule has 0 amide bonds. The predicted octanol–water partition coefficient (Wildman–Crippen LogP) is 5.10. The number of halogens is 1. The van der Waals surface area contributed by atoms with Gasteiger partial charge in [0.25, 0.3) is 0 Å². The lowest BCUT2D eigenvalue weighted by molar-refractivity contribution is -0.140. The van der Waals surface area contributed by atoms with Crippen molar-refractivity contribution < 1.29 is 14.2 Å². The van der Waals surface area contributed by atoms with E-state index in [1.54, 1.807) is 0 Å². The van der Waals surface area contributed by atoms with Gasteiger partial charge in [0, 0.05) is 23.2 Å². The molecule has 22 heavy (non-hydrogen) atoms. The molecule has 0 atom stereocenters. The minimum Gasteiger partial charge on any atom is -0.489 e. The Labute approximate surface area is 140 Å². The van der Waals surface area contributed by atoms with Crippen molar-refractivity contribution in [3.05, 3.63) is 64.1 Å². The van der Waals surface area contributed by atoms with Gasteiger partial charge in [-0.1, -0.05) is 46.3 Å². The second-order valence-electron chi connectivity index (χ2n) is 4.70. The van der Waals surface area contributed by atoms with Crippen LogP contribution >= 0.6 is 15.9 Å². The van der Waals surface area contributed by atoms with Crippen LogP contribution in [0.25, 0.3) is 0 Å². The molecule has 0 bridgehead atoms. The molecule has 118 valence electrons. The fraction of sp³-hybridized carbons (Fsp3) is 0.333. The molecule has 0 saturated carbocycles. The first-order chi connectivity index (χ1) is 10.7. The van der Waals surface area contributed by atoms with Gasteiger partial charge in [-0.05, 0) is 37.6 Å². The SMILES string of the molecule is CCOC(OCC)c1cc(OCc2ccccc2)ccc1Br. The average molecular weight is 365 g/mol. The first-order valence-electron chi connectivity index (χ1n) is 7.44. The third kappa shape index (κ3) is 4.83. The van der Waals surface area contributed by atoms with Crippen LogP contribution in [-0.2, 0) is 16.1 Å². The lowest BCUT2D eigenvalue weighted by atomic mass is 10.2. The Balaban J connectivity index is 2.11. The van der Waals surface area contributed by atoms with Crippen LogP contribution in [-0.4, -0.2) is 13.2 Å². The van der Waals surface area contributed by atoms with Gasteiger partial charge in [0.1, 0.15) is 12.4 Å². The molecule has 0 saturated heterocycles. The molecule has 0 spiro atoms. The number of benzene rings is 2. The lowest BCUT2D eigenvalue weighted by Gasteiger charge is -2.19. The van der Waals surface area contributed by atoms with Crippen molar-refractivity contribution in [2.45, 2.75) is 26.7 Å². The van der Waals surface area contributed by atoms with E-state index in [0.29, 0.717) is 19.8 Å². The van der Waals surface area contributed by atoms with Crippen molar-refractivity contribution in [2.24, 2.45) is 0 Å². The predicted molar refractivity (Wildman–Crippen MR) is 90.9 cm³/mol. The molecule has 0 aromatic heterocycles. The van der Waals surface area contributed by atoms with Crippen molar-refractivity contribution in [3.8, 4) is 5.75 Å². The Morgan fingerprint density at radius 2 is 1.64 bits per heavy atom. The molecule has 2 aromatic rings. The number of hydrogen-bond acceptors (Lipinski definition) is 3. The van der Waals surface area contributed by atoms with Crippen LogP contribution < -0.4 is 4.74 Å². The van der Waals surface area contributed by atoms with Crippen molar-refractivity contribution in [1.82, 2.24) is 0 Å². The van der Waals surface area contributed by atoms with E-state index < -0.39 is 0 Å². The Bertz CT molecular complexity index is 566. The monoisotopic (exact) mass is 364 g/mol. The minimum atomic E-state index is -0.385. The van der Waals surface area contributed by atoms with Crippen LogP contribution in [0.1, 0.15) is 31.3 Å². The molecule has 0 fully saturated rings. The molecular weight excluding hydrogens is 344 g/mol. The Morgan fingerprint density at radius 3 is 2.27 bits per heavy atom. The fourth-order valence-corrected chi connectivity index (χ4v) is 2.50. The van der Waals surface area contributed by atoms with E-state index in [1.165, 1.54) is 0 Å². The van der Waals surface area contributed by atoms with Crippen LogP contribution in [0.3, 0.4) is 0 Å². The van der Waals surface area contributed by atoms with Gasteiger partial charge in [-0.15, -0.1) is 0 Å².